The van der Waals surface area contributed by atoms with E-state index in [1.807, 2.05) is 0 Å². The van der Waals surface area contributed by atoms with Crippen molar-refractivity contribution >= 4 is 5.71 Å². The minimum atomic E-state index is 0.404. The molecular formula is C10H16N2. The van der Waals surface area contributed by atoms with Crippen LogP contribution in [0.2, 0.25) is 0 Å². The van der Waals surface area contributed by atoms with Crippen LogP contribution in [0.15, 0.2) is 16.8 Å². The third-order valence-electron chi connectivity index (χ3n) is 3.35. The third-order valence-corrected chi connectivity index (χ3v) is 3.35. The molecule has 0 aromatic carbocycles. The first kappa shape index (κ1) is 7.84. The molecule has 2 rings (SSSR count). The molecule has 0 aromatic heterocycles. The van der Waals surface area contributed by atoms with Crippen LogP contribution in [-0.2, 0) is 0 Å². The monoisotopic (exact) mass is 164 g/mol. The van der Waals surface area contributed by atoms with Crippen LogP contribution < -0.4 is 5.73 Å². The van der Waals surface area contributed by atoms with Crippen molar-refractivity contribution in [1.29, 1.82) is 0 Å². The smallest absolute Gasteiger partial charge is 0.0788 e. The van der Waals surface area contributed by atoms with E-state index in [-0.39, 0.29) is 0 Å². The van der Waals surface area contributed by atoms with Gasteiger partial charge in [-0.1, -0.05) is 13.8 Å². The summed E-state index contributed by atoms with van der Waals surface area (Å²) in [6.07, 6.45) is 4.58. The second kappa shape index (κ2) is 2.35. The van der Waals surface area contributed by atoms with Gasteiger partial charge in [0.1, 0.15) is 0 Å². The molecular weight excluding hydrogens is 148 g/mol. The van der Waals surface area contributed by atoms with E-state index < -0.39 is 0 Å². The van der Waals surface area contributed by atoms with Crippen molar-refractivity contribution < 1.29 is 0 Å². The lowest BCUT2D eigenvalue weighted by Gasteiger charge is -2.11. The average Bonchev–Trinajstić information content (AvgIpc) is 2.50. The first-order valence-electron chi connectivity index (χ1n) is 4.70. The van der Waals surface area contributed by atoms with Crippen LogP contribution in [0.3, 0.4) is 0 Å². The molecule has 0 saturated heterocycles. The first-order valence-corrected chi connectivity index (χ1v) is 4.70. The molecule has 2 atom stereocenters. The molecule has 2 aliphatic rings. The summed E-state index contributed by atoms with van der Waals surface area (Å²) in [5.74, 6) is 0.809. The molecule has 0 aromatic rings. The Balaban J connectivity index is 2.20. The van der Waals surface area contributed by atoms with Crippen molar-refractivity contribution in [3.63, 3.8) is 0 Å². The van der Waals surface area contributed by atoms with Gasteiger partial charge in [0.15, 0.2) is 0 Å². The highest BCUT2D eigenvalue weighted by Gasteiger charge is 2.53. The van der Waals surface area contributed by atoms with Crippen molar-refractivity contribution in [2.24, 2.45) is 22.1 Å². The van der Waals surface area contributed by atoms with Crippen LogP contribution in [0.25, 0.3) is 0 Å². The molecule has 1 saturated carbocycles. The molecule has 1 aliphatic carbocycles. The second-order valence-corrected chi connectivity index (χ2v) is 4.04. The molecule has 2 nitrogen and oxygen atoms in total. The fourth-order valence-corrected chi connectivity index (χ4v) is 2.26. The van der Waals surface area contributed by atoms with Crippen molar-refractivity contribution in [3.8, 4) is 0 Å². The van der Waals surface area contributed by atoms with E-state index in [4.69, 9.17) is 5.73 Å². The Labute approximate surface area is 73.6 Å². The van der Waals surface area contributed by atoms with Gasteiger partial charge in [0.25, 0.3) is 0 Å². The maximum Gasteiger partial charge on any atom is 0.0788 e. The van der Waals surface area contributed by atoms with Gasteiger partial charge in [0.2, 0.25) is 0 Å². The fourth-order valence-electron chi connectivity index (χ4n) is 2.26. The summed E-state index contributed by atoms with van der Waals surface area (Å²) in [5.41, 5.74) is 8.29. The van der Waals surface area contributed by atoms with E-state index in [9.17, 15) is 0 Å². The van der Waals surface area contributed by atoms with Gasteiger partial charge < -0.3 is 5.73 Å². The predicted octanol–water partition coefficient (Wildman–Crippen LogP) is 1.72. The predicted molar refractivity (Wildman–Crippen MR) is 51.1 cm³/mol. The molecule has 0 bridgehead atoms. The number of nitrogens with two attached hydrogens (primary N) is 1. The van der Waals surface area contributed by atoms with E-state index in [1.54, 1.807) is 0 Å². The van der Waals surface area contributed by atoms with Gasteiger partial charge in [-0.3, -0.25) is 4.99 Å². The number of hydrogen-bond acceptors (Lipinski definition) is 2. The molecule has 1 fully saturated rings. The van der Waals surface area contributed by atoms with Gasteiger partial charge in [0.05, 0.1) is 6.54 Å². The summed E-state index contributed by atoms with van der Waals surface area (Å²) in [7, 11) is 0. The van der Waals surface area contributed by atoms with Crippen LogP contribution in [-0.4, -0.2) is 12.3 Å². The van der Waals surface area contributed by atoms with Crippen molar-refractivity contribution in [2.75, 3.05) is 6.54 Å². The van der Waals surface area contributed by atoms with Crippen molar-refractivity contribution in [1.82, 2.24) is 0 Å². The number of rotatable bonds is 2. The van der Waals surface area contributed by atoms with Crippen molar-refractivity contribution in [2.45, 2.75) is 26.7 Å². The standard InChI is InChI=1S/C10H16N2/c1-3-10(5-7(10)2)9-4-8(11)6-12-9/h4,7H,3,5-6,11H2,1-2H3. The van der Waals surface area contributed by atoms with Gasteiger partial charge in [-0.05, 0) is 24.8 Å². The lowest BCUT2D eigenvalue weighted by molar-refractivity contribution is 0.611. The quantitative estimate of drug-likeness (QED) is 0.663. The average molecular weight is 164 g/mol. The lowest BCUT2D eigenvalue weighted by Crippen LogP contribution is -2.13. The Bertz CT molecular complexity index is 261. The van der Waals surface area contributed by atoms with Gasteiger partial charge in [0, 0.05) is 16.8 Å². The largest absolute Gasteiger partial charge is 0.400 e. The van der Waals surface area contributed by atoms with Crippen LogP contribution in [0.1, 0.15) is 26.7 Å². The molecule has 66 valence electrons. The normalized spacial score (nSPS) is 39.3. The zero-order valence-corrected chi connectivity index (χ0v) is 7.80. The van der Waals surface area contributed by atoms with Crippen LogP contribution in [0.5, 0.6) is 0 Å². The van der Waals surface area contributed by atoms with Gasteiger partial charge in [-0.15, -0.1) is 0 Å². The molecule has 2 N–H and O–H groups in total. The summed E-state index contributed by atoms with van der Waals surface area (Å²) in [6, 6.07) is 0. The number of nitrogens with zero attached hydrogens (tertiary/aromatic N) is 1. The molecule has 2 heteroatoms. The second-order valence-electron chi connectivity index (χ2n) is 4.04. The number of aliphatic imine (C=N–C) groups is 1. The zero-order valence-electron chi connectivity index (χ0n) is 7.80. The Morgan fingerprint density at radius 2 is 2.42 bits per heavy atom. The molecule has 1 aliphatic heterocycles. The molecule has 0 radical (unpaired) electrons. The molecule has 1 heterocycles. The summed E-state index contributed by atoms with van der Waals surface area (Å²) in [5, 5.41) is 0. The lowest BCUT2D eigenvalue weighted by atomic mass is 9.94. The summed E-state index contributed by atoms with van der Waals surface area (Å²) in [4.78, 5) is 4.47. The van der Waals surface area contributed by atoms with E-state index >= 15 is 0 Å². The minimum absolute atomic E-state index is 0.404. The minimum Gasteiger partial charge on any atom is -0.400 e. The van der Waals surface area contributed by atoms with E-state index in [0.29, 0.717) is 5.41 Å². The molecule has 0 amide bonds. The SMILES string of the molecule is CCC1(C2=NCC(N)=C2)CC1C. The Morgan fingerprint density at radius 3 is 2.75 bits per heavy atom. The molecule has 2 unspecified atom stereocenters. The highest BCUT2D eigenvalue weighted by molar-refractivity contribution is 6.03. The maximum atomic E-state index is 5.70. The molecule has 12 heavy (non-hydrogen) atoms. The van der Waals surface area contributed by atoms with Gasteiger partial charge >= 0.3 is 0 Å². The summed E-state index contributed by atoms with van der Waals surface area (Å²) >= 11 is 0. The fraction of sp³-hybridized carbons (Fsp3) is 0.700. The first-order chi connectivity index (χ1) is 5.69. The van der Waals surface area contributed by atoms with Crippen LogP contribution in [0, 0.1) is 11.3 Å². The highest BCUT2D eigenvalue weighted by atomic mass is 14.9. The number of hydrogen-bond donors (Lipinski definition) is 1. The van der Waals surface area contributed by atoms with Gasteiger partial charge in [-0.25, -0.2) is 0 Å². The van der Waals surface area contributed by atoms with Crippen LogP contribution in [0.4, 0.5) is 0 Å². The highest BCUT2D eigenvalue weighted by Crippen LogP contribution is 2.56. The maximum absolute atomic E-state index is 5.70. The zero-order chi connectivity index (χ0) is 8.77. The van der Waals surface area contributed by atoms with E-state index in [1.165, 1.54) is 18.6 Å². The summed E-state index contributed by atoms with van der Waals surface area (Å²) in [6.45, 7) is 5.27. The Hall–Kier alpha value is -0.790. The third kappa shape index (κ3) is 0.904. The van der Waals surface area contributed by atoms with Gasteiger partial charge in [-0.2, -0.15) is 0 Å². The Morgan fingerprint density at radius 1 is 1.75 bits per heavy atom. The van der Waals surface area contributed by atoms with Crippen LogP contribution >= 0.6 is 0 Å². The number of allylic oxidation sites excluding steroid dienone is 1. The van der Waals surface area contributed by atoms with Crippen molar-refractivity contribution in [3.05, 3.63) is 11.8 Å². The Kier molecular flexibility index (Phi) is 1.53. The summed E-state index contributed by atoms with van der Waals surface area (Å²) < 4.78 is 0. The van der Waals surface area contributed by atoms with E-state index in [0.717, 1.165) is 18.2 Å². The van der Waals surface area contributed by atoms with E-state index in [2.05, 4.69) is 24.9 Å². The molecule has 0 spiro atoms. The topological polar surface area (TPSA) is 38.4 Å².